The van der Waals surface area contributed by atoms with Crippen molar-refractivity contribution in [1.29, 1.82) is 0 Å². The number of hydrogen-bond donors (Lipinski definition) is 1. The fraction of sp³-hybridized carbons (Fsp3) is 0.462. The Bertz CT molecular complexity index is 443. The van der Waals surface area contributed by atoms with Crippen molar-refractivity contribution in [2.45, 2.75) is 24.5 Å². The zero-order chi connectivity index (χ0) is 12.5. The molecule has 1 aliphatic rings. The molecule has 17 heavy (non-hydrogen) atoms. The lowest BCUT2D eigenvalue weighted by Gasteiger charge is -2.13. The SMILES string of the molecule is CSC1(CNC(=O)c2ccc(F)cc2C)CC1. The smallest absolute Gasteiger partial charge is 0.251 e. The highest BCUT2D eigenvalue weighted by Gasteiger charge is 2.41. The van der Waals surface area contributed by atoms with Gasteiger partial charge in [0.05, 0.1) is 0 Å². The lowest BCUT2D eigenvalue weighted by molar-refractivity contribution is 0.0952. The van der Waals surface area contributed by atoms with E-state index < -0.39 is 0 Å². The first kappa shape index (κ1) is 12.4. The van der Waals surface area contributed by atoms with Gasteiger partial charge in [-0.3, -0.25) is 4.79 Å². The first-order valence-corrected chi connectivity index (χ1v) is 6.88. The number of benzene rings is 1. The molecular formula is C13H16FNOS. The van der Waals surface area contributed by atoms with Crippen LogP contribution in [0.5, 0.6) is 0 Å². The van der Waals surface area contributed by atoms with E-state index in [2.05, 4.69) is 11.6 Å². The van der Waals surface area contributed by atoms with Crippen LogP contribution in [0.25, 0.3) is 0 Å². The maximum absolute atomic E-state index is 12.9. The largest absolute Gasteiger partial charge is 0.351 e. The summed E-state index contributed by atoms with van der Waals surface area (Å²) >= 11 is 1.81. The third-order valence-corrected chi connectivity index (χ3v) is 4.66. The Labute approximate surface area is 105 Å². The molecule has 0 aromatic heterocycles. The van der Waals surface area contributed by atoms with Gasteiger partial charge in [-0.2, -0.15) is 11.8 Å². The van der Waals surface area contributed by atoms with Gasteiger partial charge >= 0.3 is 0 Å². The predicted molar refractivity (Wildman–Crippen MR) is 69.0 cm³/mol. The highest BCUT2D eigenvalue weighted by Crippen LogP contribution is 2.46. The minimum atomic E-state index is -0.304. The number of aryl methyl sites for hydroxylation is 1. The summed E-state index contributed by atoms with van der Waals surface area (Å²) in [7, 11) is 0. The van der Waals surface area contributed by atoms with Crippen LogP contribution in [0, 0.1) is 12.7 Å². The van der Waals surface area contributed by atoms with Crippen molar-refractivity contribution in [1.82, 2.24) is 5.32 Å². The minimum Gasteiger partial charge on any atom is -0.351 e. The second-order valence-corrected chi connectivity index (χ2v) is 5.80. The summed E-state index contributed by atoms with van der Waals surface area (Å²) in [5, 5.41) is 2.93. The molecule has 1 aromatic carbocycles. The molecule has 1 fully saturated rings. The summed E-state index contributed by atoms with van der Waals surface area (Å²) in [6.45, 7) is 2.45. The molecule has 0 unspecified atom stereocenters. The van der Waals surface area contributed by atoms with E-state index in [0.29, 0.717) is 17.7 Å². The van der Waals surface area contributed by atoms with Crippen molar-refractivity contribution in [2.75, 3.05) is 12.8 Å². The van der Waals surface area contributed by atoms with Crippen molar-refractivity contribution < 1.29 is 9.18 Å². The topological polar surface area (TPSA) is 29.1 Å². The van der Waals surface area contributed by atoms with E-state index in [4.69, 9.17) is 0 Å². The molecule has 4 heteroatoms. The summed E-state index contributed by atoms with van der Waals surface area (Å²) in [6, 6.07) is 4.25. The Morgan fingerprint density at radius 3 is 2.76 bits per heavy atom. The van der Waals surface area contributed by atoms with Crippen molar-refractivity contribution >= 4 is 17.7 Å². The standard InChI is InChI=1S/C13H16FNOS/c1-9-7-10(14)3-4-11(9)12(16)15-8-13(17-2)5-6-13/h3-4,7H,5-6,8H2,1-2H3,(H,15,16). The van der Waals surface area contributed by atoms with Gasteiger partial charge in [0.1, 0.15) is 5.82 Å². The number of nitrogens with one attached hydrogen (secondary N) is 1. The molecular weight excluding hydrogens is 237 g/mol. The van der Waals surface area contributed by atoms with Crippen LogP contribution in [0.15, 0.2) is 18.2 Å². The minimum absolute atomic E-state index is 0.108. The van der Waals surface area contributed by atoms with Crippen LogP contribution in [-0.2, 0) is 0 Å². The Balaban J connectivity index is 2.00. The Morgan fingerprint density at radius 1 is 1.53 bits per heavy atom. The van der Waals surface area contributed by atoms with Gasteiger partial charge < -0.3 is 5.32 Å². The summed E-state index contributed by atoms with van der Waals surface area (Å²) < 4.78 is 13.2. The monoisotopic (exact) mass is 253 g/mol. The van der Waals surface area contributed by atoms with E-state index in [1.165, 1.54) is 12.1 Å². The lowest BCUT2D eigenvalue weighted by Crippen LogP contribution is -2.32. The molecule has 0 atom stereocenters. The van der Waals surface area contributed by atoms with Crippen LogP contribution in [-0.4, -0.2) is 23.5 Å². The molecule has 92 valence electrons. The Morgan fingerprint density at radius 2 is 2.24 bits per heavy atom. The van der Waals surface area contributed by atoms with Gasteiger partial charge in [-0.25, -0.2) is 4.39 Å². The van der Waals surface area contributed by atoms with E-state index in [-0.39, 0.29) is 16.5 Å². The highest BCUT2D eigenvalue weighted by molar-refractivity contribution is 8.00. The van der Waals surface area contributed by atoms with Crippen LogP contribution in [0.3, 0.4) is 0 Å². The first-order chi connectivity index (χ1) is 8.06. The van der Waals surface area contributed by atoms with Crippen molar-refractivity contribution in [2.24, 2.45) is 0 Å². The average Bonchev–Trinajstić information content (AvgIpc) is 3.07. The molecule has 0 saturated heterocycles. The first-order valence-electron chi connectivity index (χ1n) is 5.66. The van der Waals surface area contributed by atoms with E-state index in [1.54, 1.807) is 13.0 Å². The quantitative estimate of drug-likeness (QED) is 0.894. The Kier molecular flexibility index (Phi) is 3.43. The summed E-state index contributed by atoms with van der Waals surface area (Å²) in [5.41, 5.74) is 1.24. The maximum Gasteiger partial charge on any atom is 0.251 e. The van der Waals surface area contributed by atoms with E-state index in [1.807, 2.05) is 11.8 Å². The molecule has 1 N–H and O–H groups in total. The van der Waals surface area contributed by atoms with Crippen molar-refractivity contribution in [3.8, 4) is 0 Å². The molecule has 1 saturated carbocycles. The number of hydrogen-bond acceptors (Lipinski definition) is 2. The number of amides is 1. The van der Waals surface area contributed by atoms with E-state index in [9.17, 15) is 9.18 Å². The van der Waals surface area contributed by atoms with E-state index >= 15 is 0 Å². The van der Waals surface area contributed by atoms with Crippen LogP contribution in [0.2, 0.25) is 0 Å². The maximum atomic E-state index is 12.9. The van der Waals surface area contributed by atoms with Gasteiger partial charge in [0.15, 0.2) is 0 Å². The lowest BCUT2D eigenvalue weighted by atomic mass is 10.1. The molecule has 2 nitrogen and oxygen atoms in total. The second kappa shape index (κ2) is 4.69. The average molecular weight is 253 g/mol. The van der Waals surface area contributed by atoms with Gasteiger partial charge in [0.25, 0.3) is 5.91 Å². The fourth-order valence-corrected chi connectivity index (χ4v) is 2.54. The zero-order valence-corrected chi connectivity index (χ0v) is 10.9. The van der Waals surface area contributed by atoms with Gasteiger partial charge in [0, 0.05) is 16.9 Å². The summed E-state index contributed by atoms with van der Waals surface area (Å²) in [5.74, 6) is -0.412. The van der Waals surface area contributed by atoms with Gasteiger partial charge in [-0.1, -0.05) is 0 Å². The molecule has 1 aromatic rings. The molecule has 0 spiro atoms. The number of rotatable bonds is 4. The second-order valence-electron chi connectivity index (χ2n) is 4.53. The van der Waals surface area contributed by atoms with E-state index in [0.717, 1.165) is 12.8 Å². The number of carbonyl (C=O) groups excluding carboxylic acids is 1. The number of carbonyl (C=O) groups is 1. The summed E-state index contributed by atoms with van der Waals surface area (Å²) in [6.07, 6.45) is 4.40. The van der Waals surface area contributed by atoms with Crippen LogP contribution < -0.4 is 5.32 Å². The van der Waals surface area contributed by atoms with Crippen molar-refractivity contribution in [3.05, 3.63) is 35.1 Å². The molecule has 0 radical (unpaired) electrons. The van der Waals surface area contributed by atoms with Gasteiger partial charge in [0.2, 0.25) is 0 Å². The van der Waals surface area contributed by atoms with Gasteiger partial charge in [-0.05, 0) is 49.8 Å². The molecule has 0 heterocycles. The zero-order valence-electron chi connectivity index (χ0n) is 10.0. The molecule has 2 rings (SSSR count). The van der Waals surface area contributed by atoms with Crippen LogP contribution in [0.4, 0.5) is 4.39 Å². The van der Waals surface area contributed by atoms with Crippen LogP contribution >= 0.6 is 11.8 Å². The molecule has 0 bridgehead atoms. The van der Waals surface area contributed by atoms with Crippen molar-refractivity contribution in [3.63, 3.8) is 0 Å². The third kappa shape index (κ3) is 2.80. The highest BCUT2D eigenvalue weighted by atomic mass is 32.2. The number of halogens is 1. The summed E-state index contributed by atoms with van der Waals surface area (Å²) in [4.78, 5) is 11.9. The molecule has 1 amide bonds. The Hall–Kier alpha value is -1.03. The number of thioether (sulfide) groups is 1. The van der Waals surface area contributed by atoms with Gasteiger partial charge in [-0.15, -0.1) is 0 Å². The van der Waals surface area contributed by atoms with Crippen LogP contribution in [0.1, 0.15) is 28.8 Å². The normalized spacial score (nSPS) is 16.6. The predicted octanol–water partition coefficient (Wildman–Crippen LogP) is 2.76. The third-order valence-electron chi connectivity index (χ3n) is 3.24. The molecule has 0 aliphatic heterocycles. The fourth-order valence-electron chi connectivity index (χ4n) is 1.81. The molecule has 1 aliphatic carbocycles.